The van der Waals surface area contributed by atoms with Gasteiger partial charge in [0.25, 0.3) is 0 Å². The van der Waals surface area contributed by atoms with Crippen LogP contribution in [0.4, 0.5) is 4.53 Å². The molecule has 4 unspecified atom stereocenters. The van der Waals surface area contributed by atoms with Gasteiger partial charge in [-0.15, -0.1) is 0 Å². The van der Waals surface area contributed by atoms with Crippen molar-refractivity contribution in [2.24, 2.45) is 0 Å². The van der Waals surface area contributed by atoms with Gasteiger partial charge in [0.2, 0.25) is 11.2 Å². The van der Waals surface area contributed by atoms with Crippen LogP contribution in [0, 0.1) is 0 Å². The van der Waals surface area contributed by atoms with E-state index in [1.807, 2.05) is 14.1 Å². The fourth-order valence-electron chi connectivity index (χ4n) is 1.92. The third kappa shape index (κ3) is 8.48. The molecule has 0 aromatic carbocycles. The Morgan fingerprint density at radius 1 is 1.05 bits per heavy atom. The minimum Gasteiger partial charge on any atom is -0.868 e. The molecule has 0 spiro atoms. The summed E-state index contributed by atoms with van der Waals surface area (Å²) in [7, 11) is 5.54. The lowest BCUT2D eigenvalue weighted by Gasteiger charge is -2.16. The van der Waals surface area contributed by atoms with Crippen molar-refractivity contribution >= 4 is 30.5 Å². The Labute approximate surface area is 135 Å². The molecule has 0 amide bonds. The van der Waals surface area contributed by atoms with Crippen LogP contribution in [0.2, 0.25) is 0 Å². The van der Waals surface area contributed by atoms with Crippen molar-refractivity contribution in [1.29, 1.82) is 0 Å². The molecule has 0 bridgehead atoms. The molecule has 2 fully saturated rings. The molecule has 2 saturated heterocycles. The SMILES string of the molecule is CN1CC[NH+](C)C1Cl.CN1CC[NH+](C)C1Cl.[O-]B([O-])OF. The van der Waals surface area contributed by atoms with Crippen LogP contribution in [0.25, 0.3) is 0 Å². The summed E-state index contributed by atoms with van der Waals surface area (Å²) in [6, 6.07) is 0. The molecule has 0 aromatic rings. The van der Waals surface area contributed by atoms with Gasteiger partial charge in [0, 0.05) is 0 Å². The van der Waals surface area contributed by atoms with E-state index < -0.39 is 7.32 Å². The summed E-state index contributed by atoms with van der Waals surface area (Å²) < 4.78 is 9.99. The van der Waals surface area contributed by atoms with Crippen molar-refractivity contribution in [1.82, 2.24) is 9.80 Å². The molecule has 126 valence electrons. The maximum Gasteiger partial charge on any atom is 0.221 e. The molecule has 2 heterocycles. The number of hydrogen-bond donors (Lipinski definition) is 2. The van der Waals surface area contributed by atoms with E-state index in [4.69, 9.17) is 33.2 Å². The number of likely N-dealkylation sites (N-methyl/N-ethyl adjacent to an activating group) is 4. The molecule has 2 aliphatic rings. The maximum absolute atomic E-state index is 9.99. The molecule has 2 N–H and O–H groups in total. The van der Waals surface area contributed by atoms with Gasteiger partial charge < -0.3 is 24.7 Å². The molecule has 0 radical (unpaired) electrons. The average molecular weight is 349 g/mol. The molecule has 4 atom stereocenters. The predicted octanol–water partition coefficient (Wildman–Crippen LogP) is -4.47. The highest BCUT2D eigenvalue weighted by molar-refractivity contribution is 6.27. The minimum absolute atomic E-state index is 0.204. The van der Waals surface area contributed by atoms with Crippen molar-refractivity contribution < 1.29 is 29.2 Å². The van der Waals surface area contributed by atoms with Crippen molar-refractivity contribution in [3.8, 4) is 0 Å². The van der Waals surface area contributed by atoms with Crippen LogP contribution in [0.5, 0.6) is 0 Å². The summed E-state index contributed by atoms with van der Waals surface area (Å²) in [6.07, 6.45) is 0. The van der Waals surface area contributed by atoms with Gasteiger partial charge in [-0.05, 0) is 37.3 Å². The Balaban J connectivity index is 0.000000296. The Hall–Kier alpha value is 0.295. The summed E-state index contributed by atoms with van der Waals surface area (Å²) in [5.74, 6) is 0. The summed E-state index contributed by atoms with van der Waals surface area (Å²) in [5, 5.41) is 17.5. The first-order chi connectivity index (χ1) is 9.70. The third-order valence-electron chi connectivity index (χ3n) is 3.38. The Morgan fingerprint density at radius 2 is 1.33 bits per heavy atom. The molecule has 0 saturated carbocycles. The second-order valence-corrected chi connectivity index (χ2v) is 6.03. The zero-order chi connectivity index (χ0) is 16.6. The van der Waals surface area contributed by atoms with Crippen LogP contribution in [0.1, 0.15) is 0 Å². The van der Waals surface area contributed by atoms with Crippen molar-refractivity contribution in [3.05, 3.63) is 0 Å². The van der Waals surface area contributed by atoms with Crippen LogP contribution in [0.15, 0.2) is 0 Å². The highest BCUT2D eigenvalue weighted by atomic mass is 35.5. The third-order valence-corrected chi connectivity index (χ3v) is 4.79. The van der Waals surface area contributed by atoms with E-state index in [1.54, 1.807) is 0 Å². The van der Waals surface area contributed by atoms with Gasteiger partial charge in [-0.2, -0.15) is 0 Å². The Morgan fingerprint density at radius 3 is 1.38 bits per heavy atom. The lowest BCUT2D eigenvalue weighted by Crippen LogP contribution is -3.10. The number of rotatable bonds is 1. The van der Waals surface area contributed by atoms with Gasteiger partial charge in [0.05, 0.1) is 40.3 Å². The second kappa shape index (κ2) is 10.9. The van der Waals surface area contributed by atoms with E-state index >= 15 is 0 Å². The van der Waals surface area contributed by atoms with E-state index in [9.17, 15) is 4.53 Å². The molecule has 2 aliphatic heterocycles. The number of nitrogens with one attached hydrogen (secondary N) is 2. The quantitative estimate of drug-likeness (QED) is 0.284. The Kier molecular flexibility index (Phi) is 11.1. The summed E-state index contributed by atoms with van der Waals surface area (Å²) in [5.41, 5.74) is 0.407. The van der Waals surface area contributed by atoms with Gasteiger partial charge in [-0.1, -0.05) is 4.53 Å². The van der Waals surface area contributed by atoms with Crippen molar-refractivity contribution in [2.45, 2.75) is 11.2 Å². The number of quaternary nitrogens is 2. The van der Waals surface area contributed by atoms with Crippen LogP contribution in [0.3, 0.4) is 0 Å². The molecule has 0 aromatic heterocycles. The van der Waals surface area contributed by atoms with Crippen LogP contribution < -0.4 is 19.8 Å². The monoisotopic (exact) mass is 348 g/mol. The van der Waals surface area contributed by atoms with Crippen LogP contribution in [-0.4, -0.2) is 82.7 Å². The standard InChI is InChI=1S/2C5H11ClN2.BFO3/c2*1-7-3-4-8(2)5(7)6;2-5-1(3)4/h2*5H,3-4H2,1-2H3;/q;;-2/p+2. The van der Waals surface area contributed by atoms with E-state index in [1.165, 1.54) is 22.9 Å². The molecule has 21 heavy (non-hydrogen) atoms. The number of nitrogens with zero attached hydrogens (tertiary/aromatic N) is 2. The zero-order valence-electron chi connectivity index (χ0n) is 12.8. The van der Waals surface area contributed by atoms with Crippen molar-refractivity contribution in [3.63, 3.8) is 0 Å². The second-order valence-electron chi connectivity index (χ2n) is 5.20. The fraction of sp³-hybridized carbons (Fsp3) is 1.00. The van der Waals surface area contributed by atoms with Gasteiger partial charge in [-0.25, -0.2) is 9.80 Å². The van der Waals surface area contributed by atoms with Crippen molar-refractivity contribution in [2.75, 3.05) is 54.4 Å². The van der Waals surface area contributed by atoms with Crippen LogP contribution in [-0.2, 0) is 4.86 Å². The molecular formula is C10H24BCl2FN4O3. The van der Waals surface area contributed by atoms with Gasteiger partial charge in [0.1, 0.15) is 7.32 Å². The topological polar surface area (TPSA) is 70.7 Å². The van der Waals surface area contributed by atoms with E-state index in [0.717, 1.165) is 13.1 Å². The number of hydrogen-bond acceptors (Lipinski definition) is 5. The molecule has 11 heteroatoms. The highest BCUT2D eigenvalue weighted by Crippen LogP contribution is 1.96. The summed E-state index contributed by atoms with van der Waals surface area (Å²) in [4.78, 5) is 9.23. The average Bonchev–Trinajstić information content (AvgIpc) is 2.90. The van der Waals surface area contributed by atoms with Gasteiger partial charge in [-0.3, -0.25) is 0 Å². The first kappa shape index (κ1) is 21.3. The minimum atomic E-state index is -2.78. The Bertz CT molecular complexity index is 245. The summed E-state index contributed by atoms with van der Waals surface area (Å²) in [6.45, 7) is 4.59. The smallest absolute Gasteiger partial charge is 0.221 e. The number of halogens is 3. The van der Waals surface area contributed by atoms with Gasteiger partial charge in [0.15, 0.2) is 0 Å². The zero-order valence-corrected chi connectivity index (χ0v) is 14.3. The molecule has 0 aliphatic carbocycles. The normalized spacial score (nSPS) is 33.0. The van der Waals surface area contributed by atoms with Crippen LogP contribution >= 0.6 is 23.2 Å². The highest BCUT2D eigenvalue weighted by Gasteiger charge is 2.27. The van der Waals surface area contributed by atoms with E-state index in [2.05, 4.69) is 28.8 Å². The molecule has 7 nitrogen and oxygen atoms in total. The number of alkyl halides is 2. The largest absolute Gasteiger partial charge is 0.868 e. The molecule has 2 rings (SSSR count). The first-order valence-corrected chi connectivity index (χ1v) is 7.50. The lowest BCUT2D eigenvalue weighted by molar-refractivity contribution is -0.883. The predicted molar refractivity (Wildman–Crippen MR) is 76.0 cm³/mol. The van der Waals surface area contributed by atoms with E-state index in [0.29, 0.717) is 0 Å². The first-order valence-electron chi connectivity index (χ1n) is 6.63. The maximum atomic E-state index is 9.99. The van der Waals surface area contributed by atoms with E-state index in [-0.39, 0.29) is 11.2 Å². The van der Waals surface area contributed by atoms with Gasteiger partial charge >= 0.3 is 0 Å². The summed E-state index contributed by atoms with van der Waals surface area (Å²) >= 11 is 11.8. The molecular weight excluding hydrogens is 325 g/mol. The fourth-order valence-corrected chi connectivity index (χ4v) is 2.34. The lowest BCUT2D eigenvalue weighted by atomic mass is 10.3.